The molecule has 0 heterocycles. The van der Waals surface area contributed by atoms with Crippen LogP contribution >= 0.6 is 23.2 Å². The fraction of sp³-hybridized carbons (Fsp3) is 0.375. The second kappa shape index (κ2) is 14.5. The van der Waals surface area contributed by atoms with Gasteiger partial charge in [0.15, 0.2) is 0 Å². The summed E-state index contributed by atoms with van der Waals surface area (Å²) >= 11 is 12.4. The summed E-state index contributed by atoms with van der Waals surface area (Å²) < 4.78 is 27.7. The van der Waals surface area contributed by atoms with Crippen LogP contribution in [0.2, 0.25) is 10.0 Å². The topological polar surface area (TPSA) is 86.8 Å². The molecule has 0 saturated heterocycles. The van der Waals surface area contributed by atoms with Gasteiger partial charge in [0.25, 0.3) is 0 Å². The Morgan fingerprint density at radius 3 is 2.21 bits per heavy atom. The minimum atomic E-state index is -3.95. The first kappa shape index (κ1) is 32.0. The first-order valence-electron chi connectivity index (χ1n) is 14.2. The van der Waals surface area contributed by atoms with Gasteiger partial charge in [-0.15, -0.1) is 0 Å². The molecule has 1 N–H and O–H groups in total. The quantitative estimate of drug-likeness (QED) is 0.281. The lowest BCUT2D eigenvalue weighted by molar-refractivity contribution is -0.141. The van der Waals surface area contributed by atoms with Crippen LogP contribution in [0.3, 0.4) is 0 Å². The summed E-state index contributed by atoms with van der Waals surface area (Å²) in [5.41, 5.74) is 2.48. The summed E-state index contributed by atoms with van der Waals surface area (Å²) in [6, 6.07) is 20.2. The van der Waals surface area contributed by atoms with Crippen LogP contribution in [0.15, 0.2) is 77.7 Å². The van der Waals surface area contributed by atoms with Gasteiger partial charge in [-0.2, -0.15) is 4.31 Å². The Labute approximate surface area is 258 Å². The Morgan fingerprint density at radius 2 is 1.57 bits per heavy atom. The maximum atomic E-state index is 14.1. The Hall–Kier alpha value is -2.91. The van der Waals surface area contributed by atoms with Crippen LogP contribution in [-0.2, 0) is 32.6 Å². The molecule has 1 aliphatic carbocycles. The van der Waals surface area contributed by atoms with Gasteiger partial charge in [-0.1, -0.05) is 96.6 Å². The van der Waals surface area contributed by atoms with E-state index in [1.54, 1.807) is 30.3 Å². The van der Waals surface area contributed by atoms with Crippen LogP contribution in [-0.4, -0.2) is 55.1 Å². The highest BCUT2D eigenvalue weighted by atomic mass is 35.5. The molecule has 0 radical (unpaired) electrons. The minimum Gasteiger partial charge on any atom is -0.352 e. The number of hydrogen-bond acceptors (Lipinski definition) is 4. The van der Waals surface area contributed by atoms with Crippen LogP contribution in [0.1, 0.15) is 48.8 Å². The molecular weight excluding hydrogens is 593 g/mol. The number of amides is 2. The number of carbonyl (C=O) groups is 2. The molecule has 1 fully saturated rings. The largest absolute Gasteiger partial charge is 0.352 e. The fourth-order valence-electron chi connectivity index (χ4n) is 5.19. The number of likely N-dealkylation sites (N-methyl/N-ethyl adjacent to an activating group) is 1. The number of nitrogens with one attached hydrogen (secondary N) is 1. The molecule has 0 aliphatic heterocycles. The van der Waals surface area contributed by atoms with E-state index in [1.165, 1.54) is 24.1 Å². The molecule has 2 amide bonds. The normalized spacial score (nSPS) is 14.9. The summed E-state index contributed by atoms with van der Waals surface area (Å²) in [7, 11) is -2.58. The van der Waals surface area contributed by atoms with Gasteiger partial charge in [-0.05, 0) is 55.2 Å². The van der Waals surface area contributed by atoms with Crippen LogP contribution in [0.4, 0.5) is 0 Å². The van der Waals surface area contributed by atoms with Gasteiger partial charge in [-0.25, -0.2) is 8.42 Å². The van der Waals surface area contributed by atoms with Crippen molar-refractivity contribution in [1.82, 2.24) is 14.5 Å². The molecule has 42 heavy (non-hydrogen) atoms. The molecule has 4 rings (SSSR count). The highest BCUT2D eigenvalue weighted by Gasteiger charge is 2.34. The average Bonchev–Trinajstić information content (AvgIpc) is 2.98. The van der Waals surface area contributed by atoms with E-state index >= 15 is 0 Å². The van der Waals surface area contributed by atoms with Gasteiger partial charge in [0.2, 0.25) is 21.8 Å². The maximum absolute atomic E-state index is 14.1. The van der Waals surface area contributed by atoms with Gasteiger partial charge in [0.1, 0.15) is 6.04 Å². The summed E-state index contributed by atoms with van der Waals surface area (Å²) in [6.07, 6.45) is 5.28. The van der Waals surface area contributed by atoms with E-state index in [1.807, 2.05) is 37.3 Å². The number of sulfonamides is 1. The third-order valence-corrected chi connectivity index (χ3v) is 10.2. The highest BCUT2D eigenvalue weighted by molar-refractivity contribution is 7.89. The predicted octanol–water partition coefficient (Wildman–Crippen LogP) is 6.01. The van der Waals surface area contributed by atoms with Gasteiger partial charge in [-0.3, -0.25) is 9.59 Å². The summed E-state index contributed by atoms with van der Waals surface area (Å²) in [5, 5.41) is 3.88. The molecule has 224 valence electrons. The van der Waals surface area contributed by atoms with E-state index < -0.39 is 28.5 Å². The lowest BCUT2D eigenvalue weighted by Gasteiger charge is -2.34. The SMILES string of the molecule is Cc1ccc(S(=O)(=O)N(C)CC(=O)N(Cc2ccc(Cl)c(Cl)c2)[C@@H](Cc2ccccc2)C(=O)NC2CCCCC2)cc1. The number of nitrogens with zero attached hydrogens (tertiary/aromatic N) is 2. The maximum Gasteiger partial charge on any atom is 0.243 e. The number of rotatable bonds is 11. The number of halogens is 2. The van der Waals surface area contributed by atoms with Crippen LogP contribution in [0.25, 0.3) is 0 Å². The smallest absolute Gasteiger partial charge is 0.243 e. The van der Waals surface area contributed by atoms with Crippen molar-refractivity contribution < 1.29 is 18.0 Å². The standard InChI is InChI=1S/C32H37Cl2N3O4S/c1-23-13-16-27(17-14-23)42(40,41)36(2)22-31(38)37(21-25-15-18-28(33)29(34)19-25)30(20-24-9-5-3-6-10-24)32(39)35-26-11-7-4-8-12-26/h3,5-6,9-10,13-19,26,30H,4,7-8,11-12,20-22H2,1-2H3,(H,35,39)/t30-/m0/s1. The Kier molecular flexibility index (Phi) is 11.1. The molecule has 10 heteroatoms. The van der Waals surface area contributed by atoms with E-state index in [0.717, 1.165) is 47.5 Å². The molecule has 1 saturated carbocycles. The Bertz CT molecular complexity index is 1480. The van der Waals surface area contributed by atoms with E-state index in [2.05, 4.69) is 5.32 Å². The van der Waals surface area contributed by atoms with Gasteiger partial charge < -0.3 is 10.2 Å². The molecule has 7 nitrogen and oxygen atoms in total. The van der Waals surface area contributed by atoms with Gasteiger partial charge in [0.05, 0.1) is 21.5 Å². The third-order valence-electron chi connectivity index (χ3n) is 7.65. The molecule has 3 aromatic rings. The fourth-order valence-corrected chi connectivity index (χ4v) is 6.63. The van der Waals surface area contributed by atoms with Crippen molar-refractivity contribution in [2.75, 3.05) is 13.6 Å². The van der Waals surface area contributed by atoms with Crippen molar-refractivity contribution in [1.29, 1.82) is 0 Å². The molecule has 0 spiro atoms. The molecule has 0 aromatic heterocycles. The molecule has 1 aliphatic rings. The lowest BCUT2D eigenvalue weighted by Crippen LogP contribution is -2.54. The highest BCUT2D eigenvalue weighted by Crippen LogP contribution is 2.25. The first-order valence-corrected chi connectivity index (χ1v) is 16.3. The zero-order chi connectivity index (χ0) is 30.3. The van der Waals surface area contributed by atoms with Crippen molar-refractivity contribution in [3.63, 3.8) is 0 Å². The monoisotopic (exact) mass is 629 g/mol. The van der Waals surface area contributed by atoms with E-state index in [-0.39, 0.29) is 29.8 Å². The minimum absolute atomic E-state index is 0.0380. The molecule has 3 aromatic carbocycles. The van der Waals surface area contributed by atoms with Gasteiger partial charge >= 0.3 is 0 Å². The predicted molar refractivity (Wildman–Crippen MR) is 167 cm³/mol. The lowest BCUT2D eigenvalue weighted by atomic mass is 9.94. The van der Waals surface area contributed by atoms with E-state index in [4.69, 9.17) is 23.2 Å². The summed E-state index contributed by atoms with van der Waals surface area (Å²) in [4.78, 5) is 29.5. The third kappa shape index (κ3) is 8.34. The van der Waals surface area contributed by atoms with Crippen LogP contribution < -0.4 is 5.32 Å². The van der Waals surface area contributed by atoms with Crippen molar-refractivity contribution in [3.8, 4) is 0 Å². The van der Waals surface area contributed by atoms with Crippen molar-refractivity contribution in [2.24, 2.45) is 0 Å². The Morgan fingerprint density at radius 1 is 0.905 bits per heavy atom. The molecule has 1 atom stereocenters. The van der Waals surface area contributed by atoms with E-state index in [9.17, 15) is 18.0 Å². The number of benzene rings is 3. The van der Waals surface area contributed by atoms with Crippen LogP contribution in [0.5, 0.6) is 0 Å². The first-order chi connectivity index (χ1) is 20.0. The number of aryl methyl sites for hydroxylation is 1. The summed E-state index contributed by atoms with van der Waals surface area (Å²) in [6.45, 7) is 1.47. The van der Waals surface area contributed by atoms with Crippen molar-refractivity contribution >= 4 is 45.0 Å². The Balaban J connectivity index is 1.67. The number of hydrogen-bond donors (Lipinski definition) is 1. The zero-order valence-corrected chi connectivity index (χ0v) is 26.3. The van der Waals surface area contributed by atoms with Crippen LogP contribution in [0, 0.1) is 6.92 Å². The second-order valence-electron chi connectivity index (χ2n) is 10.9. The molecule has 0 unspecified atom stereocenters. The van der Waals surface area contributed by atoms with Crippen molar-refractivity contribution in [3.05, 3.63) is 99.5 Å². The van der Waals surface area contributed by atoms with Gasteiger partial charge in [0, 0.05) is 26.1 Å². The van der Waals surface area contributed by atoms with Crippen molar-refractivity contribution in [2.45, 2.75) is 69.0 Å². The summed E-state index contributed by atoms with van der Waals surface area (Å²) in [5.74, 6) is -0.762. The number of carbonyl (C=O) groups excluding carboxylic acids is 2. The second-order valence-corrected chi connectivity index (χ2v) is 13.8. The zero-order valence-electron chi connectivity index (χ0n) is 23.9. The molecule has 0 bridgehead atoms. The average molecular weight is 631 g/mol. The molecular formula is C32H37Cl2N3O4S. The van der Waals surface area contributed by atoms with E-state index in [0.29, 0.717) is 15.6 Å².